The number of nitrogens with one attached hydrogen (secondary N) is 1. The predicted molar refractivity (Wildman–Crippen MR) is 89.6 cm³/mol. The zero-order valence-electron chi connectivity index (χ0n) is 13.3. The van der Waals surface area contributed by atoms with Gasteiger partial charge in [-0.25, -0.2) is 4.68 Å². The van der Waals surface area contributed by atoms with E-state index in [2.05, 4.69) is 20.6 Å². The molecule has 126 valence electrons. The van der Waals surface area contributed by atoms with E-state index in [4.69, 9.17) is 0 Å². The van der Waals surface area contributed by atoms with E-state index in [0.29, 0.717) is 29.1 Å². The molecule has 3 aromatic rings. The van der Waals surface area contributed by atoms with Crippen molar-refractivity contribution in [1.82, 2.24) is 20.0 Å². The summed E-state index contributed by atoms with van der Waals surface area (Å²) in [5.74, 6) is -0.307. The lowest BCUT2D eigenvalue weighted by Gasteiger charge is -2.08. The number of benzene rings is 1. The van der Waals surface area contributed by atoms with Crippen LogP contribution in [0.5, 0.6) is 0 Å². The van der Waals surface area contributed by atoms with Crippen LogP contribution in [0, 0.1) is 10.1 Å². The van der Waals surface area contributed by atoms with Gasteiger partial charge in [0, 0.05) is 12.1 Å². The zero-order chi connectivity index (χ0) is 17.8. The molecule has 2 aromatic heterocycles. The highest BCUT2D eigenvalue weighted by Crippen LogP contribution is 2.20. The first-order valence-corrected chi connectivity index (χ1v) is 7.50. The molecule has 3 rings (SSSR count). The van der Waals surface area contributed by atoms with Gasteiger partial charge in [0.1, 0.15) is 0 Å². The minimum Gasteiger partial charge on any atom is -0.320 e. The highest BCUT2D eigenvalue weighted by Gasteiger charge is 2.18. The number of amides is 1. The number of rotatable bonds is 5. The lowest BCUT2D eigenvalue weighted by atomic mass is 10.2. The van der Waals surface area contributed by atoms with Crippen LogP contribution < -0.4 is 5.32 Å². The number of hydrogen-bond acceptors (Lipinski definition) is 6. The summed E-state index contributed by atoms with van der Waals surface area (Å²) in [7, 11) is 0. The van der Waals surface area contributed by atoms with Gasteiger partial charge < -0.3 is 5.32 Å². The van der Waals surface area contributed by atoms with Crippen LogP contribution in [-0.2, 0) is 6.42 Å². The molecule has 0 aliphatic heterocycles. The molecule has 9 nitrogen and oxygen atoms in total. The predicted octanol–water partition coefficient (Wildman–Crippen LogP) is 2.39. The SMILES string of the molecule is CCc1c(C(=O)Nc2ccnnc2)cnn1-c1ccc([N+](=O)[O-])cc1. The van der Waals surface area contributed by atoms with Crippen molar-refractivity contribution < 1.29 is 9.72 Å². The summed E-state index contributed by atoms with van der Waals surface area (Å²) in [5, 5.41) is 25.1. The lowest BCUT2D eigenvalue weighted by molar-refractivity contribution is -0.384. The molecule has 0 atom stereocenters. The molecule has 1 N–H and O–H groups in total. The molecule has 1 aromatic carbocycles. The Balaban J connectivity index is 1.90. The maximum atomic E-state index is 12.5. The number of hydrogen-bond donors (Lipinski definition) is 1. The Morgan fingerprint density at radius 1 is 1.20 bits per heavy atom. The molecule has 1 amide bonds. The van der Waals surface area contributed by atoms with Crippen molar-refractivity contribution in [2.75, 3.05) is 5.32 Å². The molecule has 0 aliphatic rings. The van der Waals surface area contributed by atoms with Crippen LogP contribution >= 0.6 is 0 Å². The molecule has 0 spiro atoms. The Morgan fingerprint density at radius 2 is 1.96 bits per heavy atom. The third-order valence-electron chi connectivity index (χ3n) is 3.60. The summed E-state index contributed by atoms with van der Waals surface area (Å²) in [5.41, 5.74) is 2.31. The molecule has 0 radical (unpaired) electrons. The normalized spacial score (nSPS) is 10.4. The number of carbonyl (C=O) groups is 1. The molecule has 25 heavy (non-hydrogen) atoms. The first kappa shape index (κ1) is 16.2. The summed E-state index contributed by atoms with van der Waals surface area (Å²) in [4.78, 5) is 22.8. The van der Waals surface area contributed by atoms with E-state index in [9.17, 15) is 14.9 Å². The number of nitro groups is 1. The summed E-state index contributed by atoms with van der Waals surface area (Å²) in [6, 6.07) is 7.63. The third kappa shape index (κ3) is 3.34. The summed E-state index contributed by atoms with van der Waals surface area (Å²) < 4.78 is 1.60. The Bertz CT molecular complexity index is 905. The smallest absolute Gasteiger partial charge is 0.269 e. The van der Waals surface area contributed by atoms with E-state index in [1.165, 1.54) is 30.7 Å². The maximum absolute atomic E-state index is 12.5. The van der Waals surface area contributed by atoms with Crippen molar-refractivity contribution in [2.45, 2.75) is 13.3 Å². The monoisotopic (exact) mass is 338 g/mol. The van der Waals surface area contributed by atoms with Crippen molar-refractivity contribution in [3.05, 3.63) is 70.3 Å². The summed E-state index contributed by atoms with van der Waals surface area (Å²) in [6.45, 7) is 1.91. The Morgan fingerprint density at radius 3 is 2.56 bits per heavy atom. The number of aromatic nitrogens is 4. The quantitative estimate of drug-likeness (QED) is 0.564. The topological polar surface area (TPSA) is 116 Å². The second-order valence-electron chi connectivity index (χ2n) is 5.13. The van der Waals surface area contributed by atoms with E-state index in [1.54, 1.807) is 22.9 Å². The van der Waals surface area contributed by atoms with Gasteiger partial charge in [0.2, 0.25) is 0 Å². The molecule has 0 saturated heterocycles. The van der Waals surface area contributed by atoms with E-state index in [-0.39, 0.29) is 11.6 Å². The molecule has 9 heteroatoms. The molecule has 0 bridgehead atoms. The molecule has 0 unspecified atom stereocenters. The molecule has 0 fully saturated rings. The molecule has 2 heterocycles. The van der Waals surface area contributed by atoms with Gasteiger partial charge in [-0.2, -0.15) is 15.3 Å². The van der Waals surface area contributed by atoms with E-state index in [0.717, 1.165) is 0 Å². The first-order chi connectivity index (χ1) is 12.1. The van der Waals surface area contributed by atoms with Crippen LogP contribution in [-0.4, -0.2) is 30.8 Å². The Labute approximate surface area is 142 Å². The number of anilines is 1. The van der Waals surface area contributed by atoms with Crippen LogP contribution in [0.4, 0.5) is 11.4 Å². The van der Waals surface area contributed by atoms with Crippen molar-refractivity contribution >= 4 is 17.3 Å². The minimum absolute atomic E-state index is 0.00268. The largest absolute Gasteiger partial charge is 0.320 e. The van der Waals surface area contributed by atoms with Crippen LogP contribution in [0.2, 0.25) is 0 Å². The van der Waals surface area contributed by atoms with E-state index < -0.39 is 4.92 Å². The summed E-state index contributed by atoms with van der Waals surface area (Å²) >= 11 is 0. The van der Waals surface area contributed by atoms with Crippen molar-refractivity contribution in [2.24, 2.45) is 0 Å². The molecular weight excluding hydrogens is 324 g/mol. The fourth-order valence-corrected chi connectivity index (χ4v) is 2.40. The Kier molecular flexibility index (Phi) is 4.46. The Hall–Kier alpha value is -3.62. The van der Waals surface area contributed by atoms with E-state index in [1.807, 2.05) is 6.92 Å². The zero-order valence-corrected chi connectivity index (χ0v) is 13.3. The highest BCUT2D eigenvalue weighted by molar-refractivity contribution is 6.04. The lowest BCUT2D eigenvalue weighted by Crippen LogP contribution is -2.14. The summed E-state index contributed by atoms with van der Waals surface area (Å²) in [6.07, 6.45) is 4.97. The average molecular weight is 338 g/mol. The number of non-ortho nitro benzene ring substituents is 1. The first-order valence-electron chi connectivity index (χ1n) is 7.50. The van der Waals surface area contributed by atoms with Gasteiger partial charge in [-0.1, -0.05) is 6.92 Å². The second kappa shape index (κ2) is 6.87. The van der Waals surface area contributed by atoms with Crippen LogP contribution in [0.1, 0.15) is 23.0 Å². The number of carbonyl (C=O) groups excluding carboxylic acids is 1. The molecular formula is C16H14N6O3. The van der Waals surface area contributed by atoms with E-state index >= 15 is 0 Å². The third-order valence-corrected chi connectivity index (χ3v) is 3.60. The fraction of sp³-hybridized carbons (Fsp3) is 0.125. The maximum Gasteiger partial charge on any atom is 0.269 e. The van der Waals surface area contributed by atoms with Crippen LogP contribution in [0.3, 0.4) is 0 Å². The van der Waals surface area contributed by atoms with Crippen molar-refractivity contribution in [1.29, 1.82) is 0 Å². The number of nitrogens with zero attached hydrogens (tertiary/aromatic N) is 5. The standard InChI is InChI=1S/C16H14N6O3/c1-2-15-14(16(23)20-11-7-8-17-18-9-11)10-19-21(15)12-3-5-13(6-4-12)22(24)25/h3-10H,2H2,1H3,(H,17,20,23). The van der Waals surface area contributed by atoms with Gasteiger partial charge in [0.15, 0.2) is 0 Å². The molecule has 0 aliphatic carbocycles. The fourth-order valence-electron chi connectivity index (χ4n) is 2.40. The van der Waals surface area contributed by atoms with Gasteiger partial charge in [-0.15, -0.1) is 0 Å². The highest BCUT2D eigenvalue weighted by atomic mass is 16.6. The van der Waals surface area contributed by atoms with Gasteiger partial charge in [-0.05, 0) is 24.6 Å². The van der Waals surface area contributed by atoms with Crippen molar-refractivity contribution in [3.8, 4) is 5.69 Å². The van der Waals surface area contributed by atoms with Crippen molar-refractivity contribution in [3.63, 3.8) is 0 Å². The minimum atomic E-state index is -0.463. The van der Waals surface area contributed by atoms with Crippen LogP contribution in [0.15, 0.2) is 48.9 Å². The second-order valence-corrected chi connectivity index (χ2v) is 5.13. The van der Waals surface area contributed by atoms with Crippen LogP contribution in [0.25, 0.3) is 5.69 Å². The average Bonchev–Trinajstić information content (AvgIpc) is 3.06. The number of nitro benzene ring substituents is 1. The van der Waals surface area contributed by atoms with Gasteiger partial charge >= 0.3 is 0 Å². The van der Waals surface area contributed by atoms with Gasteiger partial charge in [0.05, 0.1) is 46.1 Å². The van der Waals surface area contributed by atoms with Gasteiger partial charge in [0.25, 0.3) is 11.6 Å². The molecule has 0 saturated carbocycles. The van der Waals surface area contributed by atoms with Gasteiger partial charge in [-0.3, -0.25) is 14.9 Å².